The maximum absolute atomic E-state index is 12.0. The fourth-order valence-corrected chi connectivity index (χ4v) is 3.92. The number of benzene rings is 1. The summed E-state index contributed by atoms with van der Waals surface area (Å²) >= 11 is 1.33. The summed E-state index contributed by atoms with van der Waals surface area (Å²) in [4.78, 5) is 12.0. The number of anilines is 1. The number of hydrogen-bond donors (Lipinski definition) is 2. The Bertz CT molecular complexity index is 773. The minimum atomic E-state index is -3.59. The Morgan fingerprint density at radius 1 is 1.21 bits per heavy atom. The summed E-state index contributed by atoms with van der Waals surface area (Å²) in [7, 11) is -3.59. The van der Waals surface area contributed by atoms with Gasteiger partial charge in [-0.15, -0.1) is 10.2 Å². The van der Waals surface area contributed by atoms with Crippen LogP contribution in [0.5, 0.6) is 0 Å². The molecule has 0 aliphatic heterocycles. The van der Waals surface area contributed by atoms with Gasteiger partial charge in [0.1, 0.15) is 5.01 Å². The SMILES string of the molecule is CC(C)Cc1nnc(NC(=O)CCNS(=O)(=O)c2ccccc2)s1. The first-order valence-corrected chi connectivity index (χ1v) is 9.84. The minimum absolute atomic E-state index is 0.0146. The molecule has 9 heteroatoms. The molecule has 2 aromatic rings. The van der Waals surface area contributed by atoms with Gasteiger partial charge in [0, 0.05) is 19.4 Å². The van der Waals surface area contributed by atoms with Crippen LogP contribution in [0.2, 0.25) is 0 Å². The lowest BCUT2D eigenvalue weighted by atomic mass is 10.1. The predicted molar refractivity (Wildman–Crippen MR) is 93.3 cm³/mol. The number of nitrogens with zero attached hydrogens (tertiary/aromatic N) is 2. The predicted octanol–water partition coefficient (Wildman–Crippen LogP) is 2.04. The molecule has 0 aliphatic rings. The molecule has 7 nitrogen and oxygen atoms in total. The van der Waals surface area contributed by atoms with Gasteiger partial charge in [-0.2, -0.15) is 0 Å². The fraction of sp³-hybridized carbons (Fsp3) is 0.400. The molecule has 130 valence electrons. The summed E-state index contributed by atoms with van der Waals surface area (Å²) in [5.74, 6) is 0.159. The van der Waals surface area contributed by atoms with Crippen LogP contribution in [0.25, 0.3) is 0 Å². The van der Waals surface area contributed by atoms with E-state index in [1.807, 2.05) is 0 Å². The molecule has 0 saturated carbocycles. The first-order valence-electron chi connectivity index (χ1n) is 7.54. The number of carbonyl (C=O) groups excluding carboxylic acids is 1. The number of rotatable bonds is 8. The normalized spacial score (nSPS) is 11.6. The van der Waals surface area contributed by atoms with Crippen LogP contribution in [-0.2, 0) is 21.2 Å². The third-order valence-corrected chi connectivity index (χ3v) is 5.33. The summed E-state index contributed by atoms with van der Waals surface area (Å²) in [6.07, 6.45) is 0.829. The van der Waals surface area contributed by atoms with Crippen molar-refractivity contribution in [1.29, 1.82) is 0 Å². The lowest BCUT2D eigenvalue weighted by Gasteiger charge is -2.06. The molecule has 0 bridgehead atoms. The average Bonchev–Trinajstić information content (AvgIpc) is 2.94. The van der Waals surface area contributed by atoms with Crippen molar-refractivity contribution in [2.24, 2.45) is 5.92 Å². The lowest BCUT2D eigenvalue weighted by Crippen LogP contribution is -2.27. The third-order valence-electron chi connectivity index (χ3n) is 2.99. The molecule has 2 N–H and O–H groups in total. The zero-order valence-corrected chi connectivity index (χ0v) is 15.2. The van der Waals surface area contributed by atoms with E-state index in [0.717, 1.165) is 11.4 Å². The molecular formula is C15H20N4O3S2. The van der Waals surface area contributed by atoms with Crippen LogP contribution < -0.4 is 10.0 Å². The smallest absolute Gasteiger partial charge is 0.240 e. The molecular weight excluding hydrogens is 348 g/mol. The highest BCUT2D eigenvalue weighted by Crippen LogP contribution is 2.18. The Morgan fingerprint density at radius 2 is 1.92 bits per heavy atom. The van der Waals surface area contributed by atoms with Crippen LogP contribution in [0.15, 0.2) is 35.2 Å². The number of hydrogen-bond acceptors (Lipinski definition) is 6. The molecule has 1 heterocycles. The zero-order valence-electron chi connectivity index (χ0n) is 13.5. The highest BCUT2D eigenvalue weighted by molar-refractivity contribution is 7.89. The van der Waals surface area contributed by atoms with Crippen molar-refractivity contribution in [1.82, 2.24) is 14.9 Å². The molecule has 0 saturated heterocycles. The molecule has 0 unspecified atom stereocenters. The number of amides is 1. The second-order valence-electron chi connectivity index (χ2n) is 5.61. The molecule has 0 radical (unpaired) electrons. The van der Waals surface area contributed by atoms with E-state index in [4.69, 9.17) is 0 Å². The summed E-state index contributed by atoms with van der Waals surface area (Å²) in [5.41, 5.74) is 0. The van der Waals surface area contributed by atoms with Gasteiger partial charge < -0.3 is 5.32 Å². The number of carbonyl (C=O) groups is 1. The number of nitrogens with one attached hydrogen (secondary N) is 2. The maximum atomic E-state index is 12.0. The third kappa shape index (κ3) is 5.66. The first-order chi connectivity index (χ1) is 11.4. The monoisotopic (exact) mass is 368 g/mol. The zero-order chi connectivity index (χ0) is 17.6. The Morgan fingerprint density at radius 3 is 2.58 bits per heavy atom. The summed E-state index contributed by atoms with van der Waals surface area (Å²) < 4.78 is 26.4. The van der Waals surface area contributed by atoms with Gasteiger partial charge in [0.2, 0.25) is 21.1 Å². The van der Waals surface area contributed by atoms with E-state index in [1.54, 1.807) is 18.2 Å². The van der Waals surface area contributed by atoms with E-state index in [1.165, 1.54) is 23.5 Å². The fourth-order valence-electron chi connectivity index (χ4n) is 1.90. The van der Waals surface area contributed by atoms with E-state index in [0.29, 0.717) is 11.0 Å². The van der Waals surface area contributed by atoms with Crippen LogP contribution in [0.3, 0.4) is 0 Å². The standard InChI is InChI=1S/C15H20N4O3S2/c1-11(2)10-14-18-19-15(23-14)17-13(20)8-9-16-24(21,22)12-6-4-3-5-7-12/h3-7,11,16H,8-10H2,1-2H3,(H,17,19,20). The molecule has 0 aliphatic carbocycles. The van der Waals surface area contributed by atoms with E-state index in [9.17, 15) is 13.2 Å². The lowest BCUT2D eigenvalue weighted by molar-refractivity contribution is -0.116. The van der Waals surface area contributed by atoms with Crippen LogP contribution in [0, 0.1) is 5.92 Å². The van der Waals surface area contributed by atoms with E-state index in [2.05, 4.69) is 34.1 Å². The van der Waals surface area contributed by atoms with E-state index >= 15 is 0 Å². The quantitative estimate of drug-likeness (QED) is 0.742. The van der Waals surface area contributed by atoms with Gasteiger partial charge in [0.25, 0.3) is 0 Å². The van der Waals surface area contributed by atoms with E-state index in [-0.39, 0.29) is 23.8 Å². The van der Waals surface area contributed by atoms with Crippen LogP contribution >= 0.6 is 11.3 Å². The van der Waals surface area contributed by atoms with Gasteiger partial charge in [-0.1, -0.05) is 43.4 Å². The van der Waals surface area contributed by atoms with Crippen molar-refractivity contribution in [3.8, 4) is 0 Å². The van der Waals surface area contributed by atoms with Crippen molar-refractivity contribution < 1.29 is 13.2 Å². The van der Waals surface area contributed by atoms with Gasteiger partial charge >= 0.3 is 0 Å². The van der Waals surface area contributed by atoms with E-state index < -0.39 is 10.0 Å². The van der Waals surface area contributed by atoms with Gasteiger partial charge in [-0.25, -0.2) is 13.1 Å². The Balaban J connectivity index is 1.80. The van der Waals surface area contributed by atoms with Crippen LogP contribution in [0.4, 0.5) is 5.13 Å². The Hall–Kier alpha value is -1.84. The van der Waals surface area contributed by atoms with Crippen molar-refractivity contribution >= 4 is 32.4 Å². The molecule has 0 atom stereocenters. The summed E-state index contributed by atoms with van der Waals surface area (Å²) in [6, 6.07) is 8.03. The van der Waals surface area contributed by atoms with Gasteiger partial charge in [0.15, 0.2) is 0 Å². The minimum Gasteiger partial charge on any atom is -0.300 e. The maximum Gasteiger partial charge on any atom is 0.240 e. The first kappa shape index (κ1) is 18.5. The van der Waals surface area contributed by atoms with Crippen molar-refractivity contribution in [2.75, 3.05) is 11.9 Å². The van der Waals surface area contributed by atoms with Crippen LogP contribution in [-0.4, -0.2) is 31.1 Å². The second-order valence-corrected chi connectivity index (χ2v) is 8.44. The highest BCUT2D eigenvalue weighted by Gasteiger charge is 2.14. The van der Waals surface area contributed by atoms with Gasteiger partial charge in [-0.05, 0) is 18.1 Å². The highest BCUT2D eigenvalue weighted by atomic mass is 32.2. The molecule has 0 spiro atoms. The number of sulfonamides is 1. The van der Waals surface area contributed by atoms with Gasteiger partial charge in [0.05, 0.1) is 4.90 Å². The van der Waals surface area contributed by atoms with Crippen molar-refractivity contribution in [2.45, 2.75) is 31.6 Å². The van der Waals surface area contributed by atoms with Gasteiger partial charge in [-0.3, -0.25) is 4.79 Å². The summed E-state index contributed by atoms with van der Waals surface area (Å²) in [6.45, 7) is 4.18. The topological polar surface area (TPSA) is 101 Å². The Kier molecular flexibility index (Phi) is 6.41. The molecule has 24 heavy (non-hydrogen) atoms. The molecule has 2 rings (SSSR count). The molecule has 0 fully saturated rings. The second kappa shape index (κ2) is 8.32. The van der Waals surface area contributed by atoms with Crippen molar-refractivity contribution in [3.63, 3.8) is 0 Å². The molecule has 1 aromatic carbocycles. The molecule has 1 amide bonds. The summed E-state index contributed by atoms with van der Waals surface area (Å²) in [5, 5.41) is 11.9. The van der Waals surface area contributed by atoms with Crippen LogP contribution in [0.1, 0.15) is 25.3 Å². The van der Waals surface area contributed by atoms with Crippen molar-refractivity contribution in [3.05, 3.63) is 35.3 Å². The average molecular weight is 368 g/mol. The largest absolute Gasteiger partial charge is 0.300 e. The molecule has 1 aromatic heterocycles. The Labute approximate surface area is 145 Å². The number of aromatic nitrogens is 2.